The Morgan fingerprint density at radius 3 is 2.84 bits per heavy atom. The lowest BCUT2D eigenvalue weighted by Gasteiger charge is -2.14. The molecule has 1 saturated heterocycles. The van der Waals surface area contributed by atoms with Crippen molar-refractivity contribution in [1.82, 2.24) is 35.0 Å². The van der Waals surface area contributed by atoms with Crippen LogP contribution in [0.15, 0.2) is 48.9 Å². The van der Waals surface area contributed by atoms with Crippen molar-refractivity contribution in [3.63, 3.8) is 0 Å². The third-order valence-electron chi connectivity index (χ3n) is 5.91. The predicted molar refractivity (Wildman–Crippen MR) is 127 cm³/mol. The lowest BCUT2D eigenvalue weighted by molar-refractivity contribution is 0.331. The Kier molecular flexibility index (Phi) is 4.81. The second-order valence-corrected chi connectivity index (χ2v) is 9.57. The molecule has 6 heterocycles. The lowest BCUT2D eigenvalue weighted by Crippen LogP contribution is -2.18. The number of fused-ring (bicyclic) bond motifs is 1. The molecule has 0 aliphatic carbocycles. The molecule has 5 aromatic heterocycles. The molecule has 0 spiro atoms. The van der Waals surface area contributed by atoms with E-state index in [9.17, 15) is 0 Å². The third-order valence-corrected chi connectivity index (χ3v) is 6.91. The highest BCUT2D eigenvalue weighted by Gasteiger charge is 2.16. The van der Waals surface area contributed by atoms with Crippen molar-refractivity contribution in [2.24, 2.45) is 0 Å². The number of nitrogens with one attached hydrogen (secondary N) is 2. The van der Waals surface area contributed by atoms with Gasteiger partial charge in [-0.1, -0.05) is 0 Å². The second-order valence-electron chi connectivity index (χ2n) is 8.28. The minimum absolute atomic E-state index is 0.728. The Morgan fingerprint density at radius 1 is 1.09 bits per heavy atom. The number of aromatic amines is 2. The molecule has 0 unspecified atom stereocenters. The molecule has 5 aromatic rings. The van der Waals surface area contributed by atoms with Crippen molar-refractivity contribution < 1.29 is 0 Å². The van der Waals surface area contributed by atoms with Crippen LogP contribution in [0.25, 0.3) is 44.4 Å². The molecule has 6 rings (SSSR count). The van der Waals surface area contributed by atoms with Crippen LogP contribution in [0.1, 0.15) is 23.3 Å². The Hall–Kier alpha value is -3.36. The van der Waals surface area contributed by atoms with Gasteiger partial charge < -0.3 is 4.98 Å². The molecule has 0 bridgehead atoms. The zero-order valence-corrected chi connectivity index (χ0v) is 18.6. The van der Waals surface area contributed by atoms with Gasteiger partial charge in [0.15, 0.2) is 5.82 Å². The van der Waals surface area contributed by atoms with Gasteiger partial charge in [-0.25, -0.2) is 4.98 Å². The van der Waals surface area contributed by atoms with Gasteiger partial charge in [0, 0.05) is 35.6 Å². The van der Waals surface area contributed by atoms with Gasteiger partial charge in [0.1, 0.15) is 16.9 Å². The Morgan fingerprint density at radius 2 is 2.00 bits per heavy atom. The molecule has 0 amide bonds. The third kappa shape index (κ3) is 3.61. The molecule has 0 saturated carbocycles. The van der Waals surface area contributed by atoms with Crippen LogP contribution in [0.4, 0.5) is 0 Å². The van der Waals surface area contributed by atoms with Crippen molar-refractivity contribution >= 4 is 22.4 Å². The fraction of sp³-hybridized carbons (Fsp3) is 0.250. The first-order valence-corrected chi connectivity index (χ1v) is 11.7. The molecule has 1 aliphatic rings. The van der Waals surface area contributed by atoms with E-state index in [1.165, 1.54) is 36.4 Å². The second kappa shape index (κ2) is 7.96. The molecule has 0 aromatic carbocycles. The van der Waals surface area contributed by atoms with Crippen LogP contribution >= 0.6 is 11.3 Å². The van der Waals surface area contributed by atoms with E-state index in [0.29, 0.717) is 0 Å². The van der Waals surface area contributed by atoms with Gasteiger partial charge in [0.05, 0.1) is 16.1 Å². The van der Waals surface area contributed by atoms with E-state index in [4.69, 9.17) is 4.98 Å². The quantitative estimate of drug-likeness (QED) is 0.399. The molecule has 7 nitrogen and oxygen atoms in total. The molecule has 2 N–H and O–H groups in total. The summed E-state index contributed by atoms with van der Waals surface area (Å²) in [6.45, 7) is 5.40. The summed E-state index contributed by atoms with van der Waals surface area (Å²) in [6.07, 6.45) is 8.24. The van der Waals surface area contributed by atoms with Crippen LogP contribution in [-0.4, -0.2) is 48.1 Å². The average molecular weight is 442 g/mol. The largest absolute Gasteiger partial charge is 0.336 e. The number of aromatic nitrogens is 6. The van der Waals surface area contributed by atoms with Gasteiger partial charge in [0.25, 0.3) is 0 Å². The first-order chi connectivity index (χ1) is 15.7. The number of hydrogen-bond acceptors (Lipinski definition) is 6. The fourth-order valence-corrected chi connectivity index (χ4v) is 5.18. The number of aryl methyl sites for hydroxylation is 1. The summed E-state index contributed by atoms with van der Waals surface area (Å²) in [7, 11) is 0. The minimum atomic E-state index is 0.728. The molecule has 32 heavy (non-hydrogen) atoms. The smallest absolute Gasteiger partial charge is 0.159 e. The molecular weight excluding hydrogens is 418 g/mol. The molecule has 1 aliphatic heterocycles. The van der Waals surface area contributed by atoms with Crippen LogP contribution < -0.4 is 0 Å². The maximum absolute atomic E-state index is 4.85. The summed E-state index contributed by atoms with van der Waals surface area (Å²) >= 11 is 1.73. The highest BCUT2D eigenvalue weighted by atomic mass is 32.1. The van der Waals surface area contributed by atoms with Crippen molar-refractivity contribution in [1.29, 1.82) is 0 Å². The van der Waals surface area contributed by atoms with Crippen molar-refractivity contribution in [2.45, 2.75) is 26.3 Å². The number of thiophene rings is 1. The van der Waals surface area contributed by atoms with Crippen molar-refractivity contribution in [2.75, 3.05) is 13.1 Å². The van der Waals surface area contributed by atoms with Crippen LogP contribution in [0, 0.1) is 6.92 Å². The van der Waals surface area contributed by atoms with E-state index in [0.717, 1.165) is 50.9 Å². The summed E-state index contributed by atoms with van der Waals surface area (Å²) in [6, 6.07) is 10.4. The van der Waals surface area contributed by atoms with Gasteiger partial charge in [-0.05, 0) is 68.8 Å². The molecular formula is C24H23N7S. The Bertz CT molecular complexity index is 1390. The minimum Gasteiger partial charge on any atom is -0.336 e. The van der Waals surface area contributed by atoms with Crippen molar-refractivity contribution in [3.05, 3.63) is 59.4 Å². The SMILES string of the molecule is Cc1ccc(-c2nccc3[nH]c(-c4cc(-c5cncc(CN6CCCC6)c5)[nH]n4)nc23)s1. The van der Waals surface area contributed by atoms with Gasteiger partial charge >= 0.3 is 0 Å². The monoisotopic (exact) mass is 441 g/mol. The van der Waals surface area contributed by atoms with Gasteiger partial charge in [-0.2, -0.15) is 5.10 Å². The Labute approximate surface area is 189 Å². The molecule has 8 heteroatoms. The van der Waals surface area contributed by atoms with Gasteiger partial charge in [-0.3, -0.25) is 20.0 Å². The number of nitrogens with zero attached hydrogens (tertiary/aromatic N) is 5. The van der Waals surface area contributed by atoms with Crippen molar-refractivity contribution in [3.8, 4) is 33.3 Å². The highest BCUT2D eigenvalue weighted by molar-refractivity contribution is 7.15. The van der Waals surface area contributed by atoms with Crippen LogP contribution in [-0.2, 0) is 6.54 Å². The standard InChI is InChI=1S/C24H23N7S/c1-15-4-5-21(32-15)23-22-18(6-7-26-23)27-24(28-22)20-11-19(29-30-20)17-10-16(12-25-13-17)14-31-8-2-3-9-31/h4-7,10-13H,2-3,8-9,14H2,1H3,(H,27,28)(H,29,30). The topological polar surface area (TPSA) is 86.4 Å². The van der Waals surface area contributed by atoms with Crippen LogP contribution in [0.3, 0.4) is 0 Å². The first kappa shape index (κ1) is 19.3. The highest BCUT2D eigenvalue weighted by Crippen LogP contribution is 2.32. The summed E-state index contributed by atoms with van der Waals surface area (Å²) in [5, 5.41) is 7.68. The summed E-state index contributed by atoms with van der Waals surface area (Å²) in [5.74, 6) is 0.728. The molecule has 0 radical (unpaired) electrons. The molecule has 0 atom stereocenters. The number of H-pyrrole nitrogens is 2. The number of hydrogen-bond donors (Lipinski definition) is 2. The number of imidazole rings is 1. The van der Waals surface area contributed by atoms with E-state index >= 15 is 0 Å². The maximum atomic E-state index is 4.85. The number of likely N-dealkylation sites (tertiary alicyclic amines) is 1. The van der Waals surface area contributed by atoms with Crippen LogP contribution in [0.5, 0.6) is 0 Å². The Balaban J connectivity index is 1.31. The number of pyridine rings is 2. The average Bonchev–Trinajstić information content (AvgIpc) is 3.59. The zero-order valence-electron chi connectivity index (χ0n) is 17.8. The summed E-state index contributed by atoms with van der Waals surface area (Å²) in [5.41, 5.74) is 6.69. The van der Waals surface area contributed by atoms with E-state index < -0.39 is 0 Å². The summed E-state index contributed by atoms with van der Waals surface area (Å²) < 4.78 is 0. The van der Waals surface area contributed by atoms with Gasteiger partial charge in [-0.15, -0.1) is 11.3 Å². The fourth-order valence-electron chi connectivity index (χ4n) is 4.31. The molecule has 160 valence electrons. The normalized spacial score (nSPS) is 14.5. The lowest BCUT2D eigenvalue weighted by atomic mass is 10.1. The van der Waals surface area contributed by atoms with E-state index in [2.05, 4.69) is 55.2 Å². The van der Waals surface area contributed by atoms with E-state index in [-0.39, 0.29) is 0 Å². The number of rotatable bonds is 5. The summed E-state index contributed by atoms with van der Waals surface area (Å²) in [4.78, 5) is 22.2. The van der Waals surface area contributed by atoms with E-state index in [1.807, 2.05) is 30.7 Å². The van der Waals surface area contributed by atoms with Gasteiger partial charge in [0.2, 0.25) is 0 Å². The van der Waals surface area contributed by atoms with Crippen LogP contribution in [0.2, 0.25) is 0 Å². The predicted octanol–water partition coefficient (Wildman–Crippen LogP) is 5.04. The zero-order chi connectivity index (χ0) is 21.5. The maximum Gasteiger partial charge on any atom is 0.159 e. The van der Waals surface area contributed by atoms with E-state index in [1.54, 1.807) is 11.3 Å². The molecule has 1 fully saturated rings. The first-order valence-electron chi connectivity index (χ1n) is 10.9.